The number of ether oxygens (including phenoxy) is 1. The van der Waals surface area contributed by atoms with Crippen molar-refractivity contribution in [1.29, 1.82) is 0 Å². The van der Waals surface area contributed by atoms with Crippen LogP contribution >= 0.6 is 23.2 Å². The van der Waals surface area contributed by atoms with Crippen LogP contribution in [0.15, 0.2) is 42.5 Å². The molecule has 0 fully saturated rings. The van der Waals surface area contributed by atoms with Crippen molar-refractivity contribution in [1.82, 2.24) is 10.2 Å². The van der Waals surface area contributed by atoms with Crippen molar-refractivity contribution in [2.45, 2.75) is 39.3 Å². The molecule has 0 radical (unpaired) electrons. The fraction of sp³-hybridized carbons (Fsp3) is 0.364. The van der Waals surface area contributed by atoms with Gasteiger partial charge in [0.05, 0.1) is 10.0 Å². The number of rotatable bonds is 10. The minimum Gasteiger partial charge on any atom is -0.484 e. The van der Waals surface area contributed by atoms with Crippen molar-refractivity contribution in [3.63, 3.8) is 0 Å². The molecule has 162 valence electrons. The molecule has 5 nitrogen and oxygen atoms in total. The SMILES string of the molecule is CCCNC(=O)C(CC)N(Cc1ccc(Cl)c(Cl)c1)C(=O)COc1ccc(F)cc1. The highest BCUT2D eigenvalue weighted by molar-refractivity contribution is 6.42. The van der Waals surface area contributed by atoms with Crippen molar-refractivity contribution < 1.29 is 18.7 Å². The third kappa shape index (κ3) is 6.89. The molecule has 30 heavy (non-hydrogen) atoms. The summed E-state index contributed by atoms with van der Waals surface area (Å²) < 4.78 is 18.6. The summed E-state index contributed by atoms with van der Waals surface area (Å²) in [6, 6.07) is 9.79. The van der Waals surface area contributed by atoms with Gasteiger partial charge in [0.15, 0.2) is 6.61 Å². The second-order valence-electron chi connectivity index (χ2n) is 6.73. The molecule has 0 aliphatic heterocycles. The number of carbonyl (C=O) groups excluding carboxylic acids is 2. The van der Waals surface area contributed by atoms with Crippen LogP contribution in [0.5, 0.6) is 5.75 Å². The van der Waals surface area contributed by atoms with E-state index < -0.39 is 11.9 Å². The van der Waals surface area contributed by atoms with E-state index in [2.05, 4.69) is 5.32 Å². The summed E-state index contributed by atoms with van der Waals surface area (Å²) in [6.07, 6.45) is 1.22. The number of nitrogens with one attached hydrogen (secondary N) is 1. The number of nitrogens with zero attached hydrogens (tertiary/aromatic N) is 1. The predicted molar refractivity (Wildman–Crippen MR) is 116 cm³/mol. The van der Waals surface area contributed by atoms with E-state index in [1.807, 2.05) is 13.8 Å². The number of hydrogen-bond acceptors (Lipinski definition) is 3. The van der Waals surface area contributed by atoms with Gasteiger partial charge in [0.2, 0.25) is 5.91 Å². The molecule has 0 saturated carbocycles. The summed E-state index contributed by atoms with van der Waals surface area (Å²) in [4.78, 5) is 27.1. The molecule has 0 aliphatic carbocycles. The van der Waals surface area contributed by atoms with Gasteiger partial charge in [-0.1, -0.05) is 43.1 Å². The van der Waals surface area contributed by atoms with Gasteiger partial charge in [-0.2, -0.15) is 0 Å². The molecular formula is C22H25Cl2FN2O3. The van der Waals surface area contributed by atoms with Crippen molar-refractivity contribution in [3.05, 3.63) is 63.9 Å². The fourth-order valence-electron chi connectivity index (χ4n) is 2.88. The zero-order valence-electron chi connectivity index (χ0n) is 17.0. The molecule has 2 rings (SSSR count). The van der Waals surface area contributed by atoms with Crippen LogP contribution in [0.3, 0.4) is 0 Å². The second kappa shape index (κ2) is 11.8. The first-order valence-corrected chi connectivity index (χ1v) is 10.5. The lowest BCUT2D eigenvalue weighted by Crippen LogP contribution is -2.50. The predicted octanol–water partition coefficient (Wildman–Crippen LogP) is 4.84. The quantitative estimate of drug-likeness (QED) is 0.558. The molecule has 0 heterocycles. The molecular weight excluding hydrogens is 430 g/mol. The van der Waals surface area contributed by atoms with Crippen molar-refractivity contribution in [2.24, 2.45) is 0 Å². The Labute approximate surface area is 186 Å². The van der Waals surface area contributed by atoms with Crippen LogP contribution < -0.4 is 10.1 Å². The van der Waals surface area contributed by atoms with Crippen LogP contribution in [0.1, 0.15) is 32.3 Å². The number of amides is 2. The van der Waals surface area contributed by atoms with E-state index in [-0.39, 0.29) is 25.0 Å². The van der Waals surface area contributed by atoms with E-state index in [1.165, 1.54) is 29.2 Å². The second-order valence-corrected chi connectivity index (χ2v) is 7.54. The van der Waals surface area contributed by atoms with Gasteiger partial charge in [-0.05, 0) is 54.8 Å². The molecule has 0 aliphatic rings. The van der Waals surface area contributed by atoms with Crippen molar-refractivity contribution in [3.8, 4) is 5.75 Å². The number of carbonyl (C=O) groups is 2. The van der Waals surface area contributed by atoms with Crippen LogP contribution in [-0.2, 0) is 16.1 Å². The molecule has 0 spiro atoms. The summed E-state index contributed by atoms with van der Waals surface area (Å²) in [5.74, 6) is -0.630. The molecule has 8 heteroatoms. The first-order valence-electron chi connectivity index (χ1n) is 9.75. The van der Waals surface area contributed by atoms with E-state index >= 15 is 0 Å². The summed E-state index contributed by atoms with van der Waals surface area (Å²) in [5, 5.41) is 3.62. The van der Waals surface area contributed by atoms with Gasteiger partial charge in [-0.15, -0.1) is 0 Å². The number of halogens is 3. The van der Waals surface area contributed by atoms with Gasteiger partial charge in [0, 0.05) is 13.1 Å². The van der Waals surface area contributed by atoms with Crippen LogP contribution in [0, 0.1) is 5.82 Å². The van der Waals surface area contributed by atoms with E-state index in [4.69, 9.17) is 27.9 Å². The molecule has 1 unspecified atom stereocenters. The minimum atomic E-state index is -0.671. The third-order valence-electron chi connectivity index (χ3n) is 4.45. The Morgan fingerprint density at radius 1 is 1.10 bits per heavy atom. The molecule has 2 aromatic carbocycles. The Kier molecular flexibility index (Phi) is 9.40. The normalized spacial score (nSPS) is 11.6. The Hall–Kier alpha value is -2.31. The highest BCUT2D eigenvalue weighted by Crippen LogP contribution is 2.24. The number of benzene rings is 2. The van der Waals surface area contributed by atoms with Crippen LogP contribution in [-0.4, -0.2) is 35.9 Å². The molecule has 1 atom stereocenters. The summed E-state index contributed by atoms with van der Waals surface area (Å²) >= 11 is 12.1. The van der Waals surface area contributed by atoms with E-state index in [0.29, 0.717) is 28.8 Å². The molecule has 1 N–H and O–H groups in total. The van der Waals surface area contributed by atoms with E-state index in [0.717, 1.165) is 12.0 Å². The topological polar surface area (TPSA) is 58.6 Å². The van der Waals surface area contributed by atoms with Crippen molar-refractivity contribution >= 4 is 35.0 Å². The standard InChI is InChI=1S/C22H25Cl2FN2O3/c1-3-11-26-22(29)20(4-2)27(13-15-5-10-18(23)19(24)12-15)21(28)14-30-17-8-6-16(25)7-9-17/h5-10,12,20H,3-4,11,13-14H2,1-2H3,(H,26,29). The lowest BCUT2D eigenvalue weighted by molar-refractivity contribution is -0.143. The minimum absolute atomic E-state index is 0.167. The Bertz CT molecular complexity index is 862. The average molecular weight is 455 g/mol. The smallest absolute Gasteiger partial charge is 0.261 e. The van der Waals surface area contributed by atoms with Crippen LogP contribution in [0.25, 0.3) is 0 Å². The monoisotopic (exact) mass is 454 g/mol. The molecule has 0 bridgehead atoms. The third-order valence-corrected chi connectivity index (χ3v) is 5.19. The molecule has 2 amide bonds. The largest absolute Gasteiger partial charge is 0.484 e. The summed E-state index contributed by atoms with van der Waals surface area (Å²) in [7, 11) is 0. The van der Waals surface area contributed by atoms with Gasteiger partial charge in [0.1, 0.15) is 17.6 Å². The van der Waals surface area contributed by atoms with Gasteiger partial charge in [0.25, 0.3) is 5.91 Å². The van der Waals surface area contributed by atoms with E-state index in [1.54, 1.807) is 18.2 Å². The van der Waals surface area contributed by atoms with Crippen LogP contribution in [0.4, 0.5) is 4.39 Å². The van der Waals surface area contributed by atoms with Gasteiger partial charge >= 0.3 is 0 Å². The summed E-state index contributed by atoms with van der Waals surface area (Å²) in [6.45, 7) is 4.20. The van der Waals surface area contributed by atoms with Gasteiger partial charge in [-0.3, -0.25) is 9.59 Å². The zero-order chi connectivity index (χ0) is 22.1. The van der Waals surface area contributed by atoms with Gasteiger partial charge in [-0.25, -0.2) is 4.39 Å². The maximum Gasteiger partial charge on any atom is 0.261 e. The van der Waals surface area contributed by atoms with Crippen LogP contribution in [0.2, 0.25) is 10.0 Å². The summed E-state index contributed by atoms with van der Waals surface area (Å²) in [5.41, 5.74) is 0.737. The Morgan fingerprint density at radius 3 is 2.40 bits per heavy atom. The maximum absolute atomic E-state index is 13.1. The van der Waals surface area contributed by atoms with Crippen molar-refractivity contribution in [2.75, 3.05) is 13.2 Å². The zero-order valence-corrected chi connectivity index (χ0v) is 18.5. The first-order chi connectivity index (χ1) is 14.3. The lowest BCUT2D eigenvalue weighted by Gasteiger charge is -2.30. The maximum atomic E-state index is 13.1. The number of hydrogen-bond donors (Lipinski definition) is 1. The molecule has 2 aromatic rings. The fourth-order valence-corrected chi connectivity index (χ4v) is 3.20. The lowest BCUT2D eigenvalue weighted by atomic mass is 10.1. The Balaban J connectivity index is 2.21. The van der Waals surface area contributed by atoms with E-state index in [9.17, 15) is 14.0 Å². The molecule has 0 aromatic heterocycles. The average Bonchev–Trinajstić information content (AvgIpc) is 2.74. The highest BCUT2D eigenvalue weighted by atomic mass is 35.5. The Morgan fingerprint density at radius 2 is 1.80 bits per heavy atom. The highest BCUT2D eigenvalue weighted by Gasteiger charge is 2.28. The first kappa shape index (κ1) is 24.0. The van der Waals surface area contributed by atoms with Gasteiger partial charge < -0.3 is 15.0 Å². The molecule has 0 saturated heterocycles.